The van der Waals surface area contributed by atoms with E-state index >= 15 is 0 Å². The van der Waals surface area contributed by atoms with Crippen LogP contribution in [-0.2, 0) is 16.0 Å². The van der Waals surface area contributed by atoms with E-state index < -0.39 is 0 Å². The Kier molecular flexibility index (Phi) is 6.37. The van der Waals surface area contributed by atoms with Gasteiger partial charge in [-0.25, -0.2) is 0 Å². The fourth-order valence-corrected chi connectivity index (χ4v) is 5.26. The molecule has 2 aromatic carbocycles. The van der Waals surface area contributed by atoms with Gasteiger partial charge < -0.3 is 24.4 Å². The van der Waals surface area contributed by atoms with Crippen LogP contribution in [0.15, 0.2) is 48.7 Å². The molecule has 178 valence electrons. The van der Waals surface area contributed by atoms with Crippen LogP contribution >= 0.6 is 11.6 Å². The molecule has 0 aliphatic carbocycles. The molecular weight excluding hydrogens is 452 g/mol. The zero-order valence-electron chi connectivity index (χ0n) is 19.3. The molecule has 2 fully saturated rings. The molecular formula is C26H29ClN4O3. The molecule has 34 heavy (non-hydrogen) atoms. The van der Waals surface area contributed by atoms with Gasteiger partial charge in [-0.15, -0.1) is 0 Å². The van der Waals surface area contributed by atoms with Gasteiger partial charge in [0.1, 0.15) is 5.75 Å². The lowest BCUT2D eigenvalue weighted by Crippen LogP contribution is -2.50. The van der Waals surface area contributed by atoms with Crippen LogP contribution in [0.5, 0.6) is 5.75 Å². The first-order valence-corrected chi connectivity index (χ1v) is 12.1. The fourth-order valence-electron chi connectivity index (χ4n) is 5.08. The van der Waals surface area contributed by atoms with E-state index in [4.69, 9.17) is 16.3 Å². The van der Waals surface area contributed by atoms with Crippen molar-refractivity contribution in [3.05, 3.63) is 59.2 Å². The maximum atomic E-state index is 13.2. The Morgan fingerprint density at radius 2 is 1.94 bits per heavy atom. The van der Waals surface area contributed by atoms with Crippen molar-refractivity contribution in [2.45, 2.75) is 12.8 Å². The molecule has 0 bridgehead atoms. The van der Waals surface area contributed by atoms with Crippen LogP contribution in [0.1, 0.15) is 12.0 Å². The Balaban J connectivity index is 1.16. The monoisotopic (exact) mass is 480 g/mol. The van der Waals surface area contributed by atoms with E-state index in [1.165, 1.54) is 0 Å². The lowest BCUT2D eigenvalue weighted by Gasteiger charge is -2.37. The quantitative estimate of drug-likeness (QED) is 0.585. The maximum absolute atomic E-state index is 13.2. The molecule has 2 saturated heterocycles. The van der Waals surface area contributed by atoms with Gasteiger partial charge in [0.05, 0.1) is 18.7 Å². The second-order valence-corrected chi connectivity index (χ2v) is 9.42. The Morgan fingerprint density at radius 3 is 2.74 bits per heavy atom. The van der Waals surface area contributed by atoms with Gasteiger partial charge in [-0.1, -0.05) is 23.7 Å². The lowest BCUT2D eigenvalue weighted by atomic mass is 10.1. The number of amides is 2. The van der Waals surface area contributed by atoms with E-state index in [1.54, 1.807) is 7.11 Å². The smallest absolute Gasteiger partial charge is 0.228 e. The van der Waals surface area contributed by atoms with Crippen LogP contribution in [0.3, 0.4) is 0 Å². The number of nitrogens with zero attached hydrogens (tertiary/aromatic N) is 3. The van der Waals surface area contributed by atoms with Gasteiger partial charge >= 0.3 is 0 Å². The number of ether oxygens (including phenoxy) is 1. The molecule has 1 N–H and O–H groups in total. The molecule has 3 aromatic rings. The van der Waals surface area contributed by atoms with Gasteiger partial charge in [-0.05, 0) is 42.3 Å². The highest BCUT2D eigenvalue weighted by atomic mass is 35.5. The summed E-state index contributed by atoms with van der Waals surface area (Å²) in [7, 11) is 1.68. The molecule has 1 aromatic heterocycles. The van der Waals surface area contributed by atoms with Crippen LogP contribution in [0.25, 0.3) is 10.9 Å². The molecule has 2 aliphatic heterocycles. The average Bonchev–Trinajstić information content (AvgIpc) is 3.44. The number of halogens is 1. The molecule has 1 atom stereocenters. The van der Waals surface area contributed by atoms with Gasteiger partial charge in [-0.2, -0.15) is 0 Å². The molecule has 2 amide bonds. The largest absolute Gasteiger partial charge is 0.495 e. The standard InChI is InChI=1S/C26H29ClN4O3/c1-34-24-5-3-2-4-23(24)29-10-12-30(13-11-29)26(33)19-14-25(32)31(17-19)9-8-18-16-28-22-7-6-20(27)15-21(18)22/h2-7,15-16,19,28H,8-14,17H2,1H3. The van der Waals surface area contributed by atoms with Crippen molar-refractivity contribution in [3.8, 4) is 5.75 Å². The minimum absolute atomic E-state index is 0.0591. The minimum Gasteiger partial charge on any atom is -0.495 e. The number of methoxy groups -OCH3 is 1. The number of piperazine rings is 1. The molecule has 0 spiro atoms. The third kappa shape index (κ3) is 4.44. The number of nitrogens with one attached hydrogen (secondary N) is 1. The zero-order chi connectivity index (χ0) is 23.7. The number of fused-ring (bicyclic) bond motifs is 1. The van der Waals surface area contributed by atoms with Crippen LogP contribution in [-0.4, -0.2) is 73.0 Å². The van der Waals surface area contributed by atoms with Crippen LogP contribution in [0.4, 0.5) is 5.69 Å². The highest BCUT2D eigenvalue weighted by Gasteiger charge is 2.37. The molecule has 3 heterocycles. The maximum Gasteiger partial charge on any atom is 0.228 e. The van der Waals surface area contributed by atoms with Gasteiger partial charge in [0.15, 0.2) is 0 Å². The summed E-state index contributed by atoms with van der Waals surface area (Å²) in [6.45, 7) is 3.89. The van der Waals surface area contributed by atoms with E-state index in [-0.39, 0.29) is 17.7 Å². The normalized spacial score (nSPS) is 18.7. The number of para-hydroxylation sites is 2. The van der Waals surface area contributed by atoms with Crippen molar-refractivity contribution in [1.29, 1.82) is 0 Å². The molecule has 8 heteroatoms. The Morgan fingerprint density at radius 1 is 1.15 bits per heavy atom. The molecule has 2 aliphatic rings. The third-order valence-electron chi connectivity index (χ3n) is 6.96. The first-order valence-electron chi connectivity index (χ1n) is 11.7. The van der Waals surface area contributed by atoms with Gasteiger partial charge in [-0.3, -0.25) is 9.59 Å². The molecule has 0 radical (unpaired) electrons. The van der Waals surface area contributed by atoms with Crippen molar-refractivity contribution >= 4 is 40.0 Å². The summed E-state index contributed by atoms with van der Waals surface area (Å²) in [6, 6.07) is 13.7. The number of hydrogen-bond acceptors (Lipinski definition) is 4. The van der Waals surface area contributed by atoms with Crippen LogP contribution in [0, 0.1) is 5.92 Å². The number of hydrogen-bond donors (Lipinski definition) is 1. The Labute approximate surface area is 204 Å². The number of likely N-dealkylation sites (tertiary alicyclic amines) is 1. The van der Waals surface area contributed by atoms with Crippen molar-refractivity contribution in [2.24, 2.45) is 5.92 Å². The molecule has 7 nitrogen and oxygen atoms in total. The molecule has 1 unspecified atom stereocenters. The SMILES string of the molecule is COc1ccccc1N1CCN(C(=O)C2CC(=O)N(CCc3c[nH]c4ccc(Cl)cc34)C2)CC1. The van der Waals surface area contributed by atoms with Crippen LogP contribution in [0.2, 0.25) is 5.02 Å². The third-order valence-corrected chi connectivity index (χ3v) is 7.20. The number of carbonyl (C=O) groups excluding carboxylic acids is 2. The first-order chi connectivity index (χ1) is 16.5. The lowest BCUT2D eigenvalue weighted by molar-refractivity contribution is -0.136. The number of rotatable bonds is 6. The van der Waals surface area contributed by atoms with E-state index in [1.807, 2.05) is 58.5 Å². The van der Waals surface area contributed by atoms with Crippen molar-refractivity contribution < 1.29 is 14.3 Å². The van der Waals surface area contributed by atoms with E-state index in [2.05, 4.69) is 9.88 Å². The second kappa shape index (κ2) is 9.58. The summed E-state index contributed by atoms with van der Waals surface area (Å²) >= 11 is 6.15. The van der Waals surface area contributed by atoms with Crippen molar-refractivity contribution in [3.63, 3.8) is 0 Å². The zero-order valence-corrected chi connectivity index (χ0v) is 20.1. The van der Waals surface area contributed by atoms with Gasteiger partial charge in [0, 0.05) is 67.8 Å². The second-order valence-electron chi connectivity index (χ2n) is 8.98. The Bertz CT molecular complexity index is 1200. The Hall–Kier alpha value is -3.19. The number of anilines is 1. The average molecular weight is 481 g/mol. The van der Waals surface area contributed by atoms with E-state index in [0.717, 1.165) is 47.4 Å². The van der Waals surface area contributed by atoms with Crippen LogP contribution < -0.4 is 9.64 Å². The highest BCUT2D eigenvalue weighted by molar-refractivity contribution is 6.31. The fraction of sp³-hybridized carbons (Fsp3) is 0.385. The predicted octanol–water partition coefficient (Wildman–Crippen LogP) is 3.57. The molecule has 0 saturated carbocycles. The number of aromatic amines is 1. The summed E-state index contributed by atoms with van der Waals surface area (Å²) in [5.74, 6) is 0.734. The number of carbonyl (C=O) groups is 2. The molecule has 5 rings (SSSR count). The summed E-state index contributed by atoms with van der Waals surface area (Å²) in [6.07, 6.45) is 3.00. The topological polar surface area (TPSA) is 68.9 Å². The van der Waals surface area contributed by atoms with Gasteiger partial charge in [0.2, 0.25) is 11.8 Å². The van der Waals surface area contributed by atoms with Crippen molar-refractivity contribution in [2.75, 3.05) is 51.3 Å². The number of aromatic nitrogens is 1. The number of benzene rings is 2. The number of H-pyrrole nitrogens is 1. The van der Waals surface area contributed by atoms with Crippen molar-refractivity contribution in [1.82, 2.24) is 14.8 Å². The predicted molar refractivity (Wildman–Crippen MR) is 133 cm³/mol. The minimum atomic E-state index is -0.261. The summed E-state index contributed by atoms with van der Waals surface area (Å²) in [5.41, 5.74) is 3.22. The van der Waals surface area contributed by atoms with Gasteiger partial charge in [0.25, 0.3) is 0 Å². The van der Waals surface area contributed by atoms with E-state index in [9.17, 15) is 9.59 Å². The summed E-state index contributed by atoms with van der Waals surface area (Å²) < 4.78 is 5.48. The summed E-state index contributed by atoms with van der Waals surface area (Å²) in [5, 5.41) is 1.78. The van der Waals surface area contributed by atoms with E-state index in [0.29, 0.717) is 37.6 Å². The first kappa shape index (κ1) is 22.6. The summed E-state index contributed by atoms with van der Waals surface area (Å²) in [4.78, 5) is 35.1. The highest BCUT2D eigenvalue weighted by Crippen LogP contribution is 2.29.